The van der Waals surface area contributed by atoms with Gasteiger partial charge in [0.15, 0.2) is 0 Å². The van der Waals surface area contributed by atoms with Crippen LogP contribution in [0, 0.1) is 0 Å². The lowest BCUT2D eigenvalue weighted by Crippen LogP contribution is -1.84. The van der Waals surface area contributed by atoms with Crippen LogP contribution in [0.3, 0.4) is 0 Å². The Balaban J connectivity index is 2.65. The van der Waals surface area contributed by atoms with Gasteiger partial charge >= 0.3 is 0 Å². The van der Waals surface area contributed by atoms with Crippen LogP contribution < -0.4 is 0 Å². The monoisotopic (exact) mass is 183 g/mol. The van der Waals surface area contributed by atoms with Gasteiger partial charge in [0.2, 0.25) is 0 Å². The minimum atomic E-state index is 0.936. The molecule has 0 N–H and O–H groups in total. The number of hydrogen-bond donors (Lipinski definition) is 0. The van der Waals surface area contributed by atoms with E-state index in [0.717, 1.165) is 12.1 Å². The van der Waals surface area contributed by atoms with Crippen LogP contribution in [-0.4, -0.2) is 4.98 Å². The van der Waals surface area contributed by atoms with E-state index in [1.54, 1.807) is 6.08 Å². The molecule has 1 nitrogen and oxygen atoms in total. The highest BCUT2D eigenvalue weighted by Crippen LogP contribution is 2.16. The van der Waals surface area contributed by atoms with Gasteiger partial charge in [-0.15, -0.1) is 0 Å². The van der Waals surface area contributed by atoms with Gasteiger partial charge in [0.05, 0.1) is 5.69 Å². The lowest BCUT2D eigenvalue weighted by Gasteiger charge is -2.01. The number of fused-ring (bicyclic) bond motifs is 1. The summed E-state index contributed by atoms with van der Waals surface area (Å²) in [6.07, 6.45) is 4.74. The number of rotatable bonds is 2. The molecule has 1 heterocycles. The zero-order valence-corrected chi connectivity index (χ0v) is 8.33. The van der Waals surface area contributed by atoms with Crippen molar-refractivity contribution in [2.24, 2.45) is 0 Å². The number of pyridine rings is 1. The highest BCUT2D eigenvalue weighted by Gasteiger charge is 1.96. The van der Waals surface area contributed by atoms with Crippen LogP contribution in [0.5, 0.6) is 0 Å². The first-order valence-corrected chi connectivity index (χ1v) is 4.84. The summed E-state index contributed by atoms with van der Waals surface area (Å²) in [5.41, 5.74) is 2.30. The van der Waals surface area contributed by atoms with Crippen LogP contribution in [0.15, 0.2) is 37.0 Å². The fraction of sp³-hybridized carbons (Fsp3) is 0.154. The summed E-state index contributed by atoms with van der Waals surface area (Å²) in [5.74, 6) is 0. The van der Waals surface area contributed by atoms with Crippen molar-refractivity contribution in [1.82, 2.24) is 4.98 Å². The average Bonchev–Trinajstić information content (AvgIpc) is 2.27. The van der Waals surface area contributed by atoms with Gasteiger partial charge in [0.1, 0.15) is 0 Å². The Hall–Kier alpha value is -1.63. The Morgan fingerprint density at radius 2 is 2.14 bits per heavy atom. The Labute approximate surface area is 84.1 Å². The molecule has 0 radical (unpaired) electrons. The Morgan fingerprint density at radius 1 is 1.29 bits per heavy atom. The van der Waals surface area contributed by atoms with E-state index in [2.05, 4.69) is 42.8 Å². The van der Waals surface area contributed by atoms with Crippen LogP contribution in [0.2, 0.25) is 0 Å². The minimum Gasteiger partial charge on any atom is -0.256 e. The molecule has 0 saturated carbocycles. The third kappa shape index (κ3) is 1.53. The SMILES string of the molecule is C=Cc1cc2cc(CC)ccc2cn1. The third-order valence-corrected chi connectivity index (χ3v) is 2.42. The highest BCUT2D eigenvalue weighted by atomic mass is 14.7. The summed E-state index contributed by atoms with van der Waals surface area (Å²) >= 11 is 0. The van der Waals surface area contributed by atoms with Gasteiger partial charge < -0.3 is 0 Å². The fourth-order valence-electron chi connectivity index (χ4n) is 1.54. The molecule has 0 unspecified atom stereocenters. The average molecular weight is 183 g/mol. The lowest BCUT2D eigenvalue weighted by molar-refractivity contribution is 1.14. The molecular weight excluding hydrogens is 170 g/mol. The Kier molecular flexibility index (Phi) is 2.32. The van der Waals surface area contributed by atoms with Crippen molar-refractivity contribution < 1.29 is 0 Å². The van der Waals surface area contributed by atoms with Crippen LogP contribution in [0.25, 0.3) is 16.8 Å². The molecule has 2 rings (SSSR count). The van der Waals surface area contributed by atoms with Crippen molar-refractivity contribution in [3.8, 4) is 0 Å². The Morgan fingerprint density at radius 3 is 2.86 bits per heavy atom. The molecule has 0 atom stereocenters. The first-order chi connectivity index (χ1) is 6.83. The molecular formula is C13H13N. The summed E-state index contributed by atoms with van der Waals surface area (Å²) < 4.78 is 0. The zero-order chi connectivity index (χ0) is 9.97. The molecule has 0 fully saturated rings. The van der Waals surface area contributed by atoms with Crippen LogP contribution >= 0.6 is 0 Å². The molecule has 2 aromatic rings. The van der Waals surface area contributed by atoms with Gasteiger partial charge in [-0.1, -0.05) is 31.7 Å². The lowest BCUT2D eigenvalue weighted by atomic mass is 10.1. The van der Waals surface area contributed by atoms with Crippen molar-refractivity contribution >= 4 is 16.8 Å². The number of aromatic nitrogens is 1. The first kappa shape index (κ1) is 8.95. The topological polar surface area (TPSA) is 12.9 Å². The predicted octanol–water partition coefficient (Wildman–Crippen LogP) is 3.44. The molecule has 1 aromatic carbocycles. The number of aryl methyl sites for hydroxylation is 1. The van der Waals surface area contributed by atoms with Gasteiger partial charge in [0, 0.05) is 11.6 Å². The quantitative estimate of drug-likeness (QED) is 0.695. The molecule has 70 valence electrons. The summed E-state index contributed by atoms with van der Waals surface area (Å²) in [7, 11) is 0. The van der Waals surface area contributed by atoms with E-state index in [1.165, 1.54) is 16.3 Å². The van der Waals surface area contributed by atoms with Gasteiger partial charge in [-0.3, -0.25) is 4.98 Å². The van der Waals surface area contributed by atoms with E-state index in [4.69, 9.17) is 0 Å². The van der Waals surface area contributed by atoms with Gasteiger partial charge in [-0.2, -0.15) is 0 Å². The van der Waals surface area contributed by atoms with E-state index in [1.807, 2.05) is 6.20 Å². The third-order valence-electron chi connectivity index (χ3n) is 2.42. The summed E-state index contributed by atoms with van der Waals surface area (Å²) in [6, 6.07) is 8.55. The molecule has 1 aromatic heterocycles. The first-order valence-electron chi connectivity index (χ1n) is 4.84. The highest BCUT2D eigenvalue weighted by molar-refractivity contribution is 5.83. The van der Waals surface area contributed by atoms with Crippen LogP contribution in [-0.2, 0) is 6.42 Å². The van der Waals surface area contributed by atoms with Crippen molar-refractivity contribution in [3.05, 3.63) is 48.3 Å². The standard InChI is InChI=1S/C13H13N/c1-3-10-5-6-11-9-14-13(4-2)8-12(11)7-10/h4-9H,2-3H2,1H3. The van der Waals surface area contributed by atoms with Crippen molar-refractivity contribution in [2.45, 2.75) is 13.3 Å². The Bertz CT molecular complexity index is 472. The molecule has 0 aliphatic carbocycles. The van der Waals surface area contributed by atoms with Crippen molar-refractivity contribution in [3.63, 3.8) is 0 Å². The van der Waals surface area contributed by atoms with E-state index < -0.39 is 0 Å². The summed E-state index contributed by atoms with van der Waals surface area (Å²) in [4.78, 5) is 4.26. The number of benzene rings is 1. The van der Waals surface area contributed by atoms with Crippen molar-refractivity contribution in [1.29, 1.82) is 0 Å². The molecule has 0 bridgehead atoms. The summed E-state index contributed by atoms with van der Waals surface area (Å²) in [6.45, 7) is 5.88. The second-order valence-corrected chi connectivity index (χ2v) is 3.35. The van der Waals surface area contributed by atoms with E-state index in [-0.39, 0.29) is 0 Å². The molecule has 0 amide bonds. The van der Waals surface area contributed by atoms with Gasteiger partial charge in [0.25, 0.3) is 0 Å². The normalized spacial score (nSPS) is 10.4. The maximum Gasteiger partial charge on any atom is 0.0630 e. The largest absolute Gasteiger partial charge is 0.256 e. The molecule has 0 saturated heterocycles. The minimum absolute atomic E-state index is 0.936. The molecule has 0 aliphatic heterocycles. The second-order valence-electron chi connectivity index (χ2n) is 3.35. The van der Waals surface area contributed by atoms with Gasteiger partial charge in [-0.05, 0) is 29.5 Å². The smallest absolute Gasteiger partial charge is 0.0630 e. The molecule has 1 heteroatoms. The maximum absolute atomic E-state index is 4.26. The predicted molar refractivity (Wildman–Crippen MR) is 61.2 cm³/mol. The zero-order valence-electron chi connectivity index (χ0n) is 8.33. The maximum atomic E-state index is 4.26. The number of nitrogens with zero attached hydrogens (tertiary/aromatic N) is 1. The van der Waals surface area contributed by atoms with E-state index >= 15 is 0 Å². The van der Waals surface area contributed by atoms with E-state index in [9.17, 15) is 0 Å². The second kappa shape index (κ2) is 3.62. The number of hydrogen-bond acceptors (Lipinski definition) is 1. The van der Waals surface area contributed by atoms with Crippen molar-refractivity contribution in [2.75, 3.05) is 0 Å². The van der Waals surface area contributed by atoms with Crippen LogP contribution in [0.4, 0.5) is 0 Å². The van der Waals surface area contributed by atoms with Crippen LogP contribution in [0.1, 0.15) is 18.2 Å². The molecule has 0 spiro atoms. The van der Waals surface area contributed by atoms with E-state index in [0.29, 0.717) is 0 Å². The molecule has 14 heavy (non-hydrogen) atoms. The summed E-state index contributed by atoms with van der Waals surface area (Å²) in [5, 5.41) is 2.43. The fourth-order valence-corrected chi connectivity index (χ4v) is 1.54. The van der Waals surface area contributed by atoms with Gasteiger partial charge in [-0.25, -0.2) is 0 Å². The molecule has 0 aliphatic rings.